The van der Waals surface area contributed by atoms with Crippen molar-refractivity contribution < 1.29 is 23.9 Å². The van der Waals surface area contributed by atoms with Crippen molar-refractivity contribution in [1.82, 2.24) is 0 Å². The molecule has 0 radical (unpaired) electrons. The van der Waals surface area contributed by atoms with Crippen LogP contribution < -0.4 is 0 Å². The van der Waals surface area contributed by atoms with Gasteiger partial charge in [-0.05, 0) is 0 Å². The quantitative estimate of drug-likeness (QED) is 0.563. The van der Waals surface area contributed by atoms with E-state index in [1.54, 1.807) is 30.3 Å². The fourth-order valence-corrected chi connectivity index (χ4v) is 1.23. The van der Waals surface area contributed by atoms with Gasteiger partial charge in [0.2, 0.25) is 0 Å². The van der Waals surface area contributed by atoms with Crippen LogP contribution in [0.15, 0.2) is 30.3 Å². The number of hydrogen-bond donors (Lipinski definition) is 0. The summed E-state index contributed by atoms with van der Waals surface area (Å²) >= 11 is 0. The molecule has 0 N–H and O–H groups in total. The molecule has 0 fully saturated rings. The van der Waals surface area contributed by atoms with Crippen LogP contribution in [0.25, 0.3) is 0 Å². The number of hydrogen-bond acceptors (Lipinski definition) is 5. The first kappa shape index (κ1) is 13.9. The Balaban J connectivity index is 2.31. The molecule has 0 aliphatic rings. The van der Waals surface area contributed by atoms with Crippen LogP contribution in [-0.2, 0) is 19.1 Å². The molecule has 0 amide bonds. The molecule has 96 valence electrons. The molecular formula is C13H14O5. The molecule has 1 aromatic carbocycles. The van der Waals surface area contributed by atoms with E-state index in [9.17, 15) is 14.4 Å². The Morgan fingerprint density at radius 2 is 1.61 bits per heavy atom. The van der Waals surface area contributed by atoms with Gasteiger partial charge in [0, 0.05) is 5.56 Å². The summed E-state index contributed by atoms with van der Waals surface area (Å²) in [6.45, 7) is -0.315. The van der Waals surface area contributed by atoms with Crippen LogP contribution in [-0.4, -0.2) is 31.4 Å². The summed E-state index contributed by atoms with van der Waals surface area (Å²) in [6.07, 6.45) is -0.135. The minimum atomic E-state index is -0.593. The van der Waals surface area contributed by atoms with E-state index in [1.165, 1.54) is 7.11 Å². The fourth-order valence-electron chi connectivity index (χ4n) is 1.23. The van der Waals surface area contributed by atoms with Gasteiger partial charge in [-0.2, -0.15) is 0 Å². The third-order valence-electron chi connectivity index (χ3n) is 2.22. The van der Waals surface area contributed by atoms with Gasteiger partial charge in [0.05, 0.1) is 20.0 Å². The smallest absolute Gasteiger partial charge is 0.306 e. The van der Waals surface area contributed by atoms with E-state index < -0.39 is 11.9 Å². The lowest BCUT2D eigenvalue weighted by Crippen LogP contribution is -2.15. The van der Waals surface area contributed by atoms with Gasteiger partial charge < -0.3 is 9.47 Å². The normalized spacial score (nSPS) is 9.61. The lowest BCUT2D eigenvalue weighted by Gasteiger charge is -2.03. The van der Waals surface area contributed by atoms with Gasteiger partial charge in [-0.1, -0.05) is 30.3 Å². The van der Waals surface area contributed by atoms with Gasteiger partial charge in [-0.3, -0.25) is 14.4 Å². The number of Topliss-reactive ketones (excluding diaryl/α,β-unsaturated/α-hetero) is 1. The van der Waals surface area contributed by atoms with Gasteiger partial charge >= 0.3 is 11.9 Å². The lowest BCUT2D eigenvalue weighted by molar-refractivity contribution is -0.148. The van der Waals surface area contributed by atoms with Crippen LogP contribution in [0.4, 0.5) is 0 Å². The average Bonchev–Trinajstić information content (AvgIpc) is 2.42. The number of ketones is 1. The second kappa shape index (κ2) is 7.21. The monoisotopic (exact) mass is 250 g/mol. The van der Waals surface area contributed by atoms with Crippen LogP contribution in [0.3, 0.4) is 0 Å². The van der Waals surface area contributed by atoms with E-state index in [0.717, 1.165) is 0 Å². The highest BCUT2D eigenvalue weighted by Gasteiger charge is 2.11. The van der Waals surface area contributed by atoms with Gasteiger partial charge in [0.1, 0.15) is 0 Å². The molecule has 0 aliphatic carbocycles. The molecular weight excluding hydrogens is 236 g/mol. The Kier molecular flexibility index (Phi) is 5.57. The molecule has 18 heavy (non-hydrogen) atoms. The van der Waals surface area contributed by atoms with E-state index in [2.05, 4.69) is 4.74 Å². The number of ether oxygens (including phenoxy) is 2. The Hall–Kier alpha value is -2.17. The molecule has 0 saturated heterocycles. The van der Waals surface area contributed by atoms with Crippen molar-refractivity contribution in [2.75, 3.05) is 13.7 Å². The zero-order valence-electron chi connectivity index (χ0n) is 10.0. The van der Waals surface area contributed by atoms with Crippen molar-refractivity contribution in [2.24, 2.45) is 0 Å². The summed E-state index contributed by atoms with van der Waals surface area (Å²) in [7, 11) is 1.24. The van der Waals surface area contributed by atoms with Gasteiger partial charge in [0.15, 0.2) is 12.4 Å². The summed E-state index contributed by atoms with van der Waals surface area (Å²) < 4.78 is 9.14. The molecule has 5 nitrogen and oxygen atoms in total. The van der Waals surface area contributed by atoms with Gasteiger partial charge in [0.25, 0.3) is 0 Å². The predicted molar refractivity (Wildman–Crippen MR) is 63.0 cm³/mol. The molecule has 0 saturated carbocycles. The van der Waals surface area contributed by atoms with Crippen LogP contribution in [0.5, 0.6) is 0 Å². The summed E-state index contributed by atoms with van der Waals surface area (Å²) in [5.74, 6) is -1.35. The maximum absolute atomic E-state index is 11.6. The maximum Gasteiger partial charge on any atom is 0.306 e. The SMILES string of the molecule is COC(=O)CCC(=O)OCC(=O)c1ccccc1. The summed E-state index contributed by atoms with van der Waals surface area (Å²) in [6, 6.07) is 8.53. The zero-order valence-corrected chi connectivity index (χ0v) is 10.0. The first-order valence-electron chi connectivity index (χ1n) is 5.44. The predicted octanol–water partition coefficient (Wildman–Crippen LogP) is 1.37. The molecule has 0 unspecified atom stereocenters. The molecule has 0 heterocycles. The third-order valence-corrected chi connectivity index (χ3v) is 2.22. The Labute approximate surface area is 105 Å². The third kappa shape index (κ3) is 4.78. The lowest BCUT2D eigenvalue weighted by atomic mass is 10.1. The standard InChI is InChI=1S/C13H14O5/c1-17-12(15)7-8-13(16)18-9-11(14)10-5-3-2-4-6-10/h2-6H,7-9H2,1H3. The largest absolute Gasteiger partial charge is 0.469 e. The number of esters is 2. The van der Waals surface area contributed by atoms with Crippen LogP contribution >= 0.6 is 0 Å². The number of carbonyl (C=O) groups excluding carboxylic acids is 3. The average molecular weight is 250 g/mol. The molecule has 1 aromatic rings. The second-order valence-corrected chi connectivity index (χ2v) is 3.53. The second-order valence-electron chi connectivity index (χ2n) is 3.53. The van der Waals surface area contributed by atoms with E-state index in [-0.39, 0.29) is 25.2 Å². The van der Waals surface area contributed by atoms with Crippen molar-refractivity contribution in [3.63, 3.8) is 0 Å². The summed E-state index contributed by atoms with van der Waals surface area (Å²) in [5, 5.41) is 0. The number of benzene rings is 1. The van der Waals surface area contributed by atoms with Crippen molar-refractivity contribution in [3.8, 4) is 0 Å². The molecule has 1 rings (SSSR count). The minimum absolute atomic E-state index is 0.0468. The van der Waals surface area contributed by atoms with E-state index in [4.69, 9.17) is 4.74 Å². The molecule has 0 spiro atoms. The van der Waals surface area contributed by atoms with Gasteiger partial charge in [-0.15, -0.1) is 0 Å². The molecule has 5 heteroatoms. The van der Waals surface area contributed by atoms with Gasteiger partial charge in [-0.25, -0.2) is 0 Å². The summed E-state index contributed by atoms with van der Waals surface area (Å²) in [5.41, 5.74) is 0.485. The first-order chi connectivity index (χ1) is 8.63. The minimum Gasteiger partial charge on any atom is -0.469 e. The highest BCUT2D eigenvalue weighted by atomic mass is 16.5. The fraction of sp³-hybridized carbons (Fsp3) is 0.308. The maximum atomic E-state index is 11.6. The molecule has 0 aromatic heterocycles. The van der Waals surface area contributed by atoms with Crippen molar-refractivity contribution in [2.45, 2.75) is 12.8 Å². The number of methoxy groups -OCH3 is 1. The first-order valence-corrected chi connectivity index (χ1v) is 5.44. The van der Waals surface area contributed by atoms with E-state index in [0.29, 0.717) is 5.56 Å². The van der Waals surface area contributed by atoms with Crippen LogP contribution in [0.2, 0.25) is 0 Å². The highest BCUT2D eigenvalue weighted by molar-refractivity contribution is 5.97. The Bertz CT molecular complexity index is 424. The van der Waals surface area contributed by atoms with E-state index >= 15 is 0 Å². The topological polar surface area (TPSA) is 69.7 Å². The van der Waals surface area contributed by atoms with Crippen LogP contribution in [0, 0.1) is 0 Å². The van der Waals surface area contributed by atoms with Crippen molar-refractivity contribution >= 4 is 17.7 Å². The molecule has 0 atom stereocenters. The molecule has 0 aliphatic heterocycles. The van der Waals surface area contributed by atoms with Crippen LogP contribution in [0.1, 0.15) is 23.2 Å². The number of rotatable bonds is 6. The molecule has 0 bridgehead atoms. The summed E-state index contributed by atoms with van der Waals surface area (Å²) in [4.78, 5) is 33.6. The highest BCUT2D eigenvalue weighted by Crippen LogP contribution is 2.01. The Morgan fingerprint density at radius 3 is 2.22 bits per heavy atom. The number of carbonyl (C=O) groups is 3. The van der Waals surface area contributed by atoms with E-state index in [1.807, 2.05) is 0 Å². The van der Waals surface area contributed by atoms with Crippen molar-refractivity contribution in [3.05, 3.63) is 35.9 Å². The zero-order chi connectivity index (χ0) is 13.4. The Morgan fingerprint density at radius 1 is 1.00 bits per heavy atom. The van der Waals surface area contributed by atoms with Crippen molar-refractivity contribution in [1.29, 1.82) is 0 Å².